The Morgan fingerprint density at radius 2 is 2.25 bits per heavy atom. The van der Waals surface area contributed by atoms with Crippen LogP contribution in [0.1, 0.15) is 13.3 Å². The molecule has 7 nitrogen and oxygen atoms in total. The van der Waals surface area contributed by atoms with Crippen LogP contribution < -0.4 is 10.6 Å². The normalized spacial score (nSPS) is 26.1. The molecule has 1 saturated heterocycles. The quantitative estimate of drug-likeness (QED) is 0.492. The molecule has 1 unspecified atom stereocenters. The van der Waals surface area contributed by atoms with Gasteiger partial charge in [-0.3, -0.25) is 0 Å². The first-order chi connectivity index (χ1) is 7.47. The zero-order valence-corrected chi connectivity index (χ0v) is 9.02. The van der Waals surface area contributed by atoms with Gasteiger partial charge in [0.05, 0.1) is 18.8 Å². The Morgan fingerprint density at radius 3 is 2.69 bits per heavy atom. The molecule has 1 aliphatic rings. The van der Waals surface area contributed by atoms with Crippen LogP contribution in [0.15, 0.2) is 0 Å². The van der Waals surface area contributed by atoms with Crippen LogP contribution in [0.25, 0.3) is 0 Å². The van der Waals surface area contributed by atoms with Crippen LogP contribution in [0.2, 0.25) is 0 Å². The van der Waals surface area contributed by atoms with Crippen LogP contribution >= 0.6 is 0 Å². The molecule has 16 heavy (non-hydrogen) atoms. The molecular formula is C9H16N2O5. The summed E-state index contributed by atoms with van der Waals surface area (Å²) in [5.74, 6) is -1.27. The summed E-state index contributed by atoms with van der Waals surface area (Å²) in [7, 11) is 0. The fraction of sp³-hybridized carbons (Fsp3) is 0.778. The monoisotopic (exact) mass is 232 g/mol. The third kappa shape index (κ3) is 3.35. The Labute approximate surface area is 92.8 Å². The third-order valence-corrected chi connectivity index (χ3v) is 2.42. The van der Waals surface area contributed by atoms with Crippen molar-refractivity contribution < 1.29 is 24.5 Å². The fourth-order valence-corrected chi connectivity index (χ4v) is 1.42. The molecule has 2 atom stereocenters. The van der Waals surface area contributed by atoms with Crippen LogP contribution in [-0.4, -0.2) is 53.6 Å². The van der Waals surface area contributed by atoms with Gasteiger partial charge < -0.3 is 25.6 Å². The van der Waals surface area contributed by atoms with Gasteiger partial charge in [-0.05, 0) is 13.3 Å². The molecule has 7 heteroatoms. The minimum atomic E-state index is -1.29. The minimum Gasteiger partial charge on any atom is -0.480 e. The number of urea groups is 1. The zero-order valence-electron chi connectivity index (χ0n) is 9.02. The predicted octanol–water partition coefficient (Wildman–Crippen LogP) is -1.09. The summed E-state index contributed by atoms with van der Waals surface area (Å²) in [5, 5.41) is 22.1. The Balaban J connectivity index is 2.43. The second-order valence-electron chi connectivity index (χ2n) is 4.04. The molecule has 4 N–H and O–H groups in total. The standard InChI is InChI=1S/C9H16N2O5/c1-9(2-3-16-5-9)11-8(15)10-6(4-12)7(13)14/h6,12H,2-5H2,1H3,(H,13,14)(H2,10,11,15)/t6-,9?/m1/s1. The Bertz CT molecular complexity index is 275. The first-order valence-electron chi connectivity index (χ1n) is 4.97. The molecule has 1 aliphatic heterocycles. The Kier molecular flexibility index (Phi) is 4.08. The molecule has 1 fully saturated rings. The molecule has 0 bridgehead atoms. The van der Waals surface area contributed by atoms with Crippen LogP contribution in [0.4, 0.5) is 4.79 Å². The molecule has 92 valence electrons. The number of carboxylic acid groups (broad SMARTS) is 1. The number of nitrogens with one attached hydrogen (secondary N) is 2. The van der Waals surface area contributed by atoms with Gasteiger partial charge in [0.25, 0.3) is 0 Å². The van der Waals surface area contributed by atoms with Gasteiger partial charge in [-0.2, -0.15) is 0 Å². The van der Waals surface area contributed by atoms with Crippen molar-refractivity contribution in [1.82, 2.24) is 10.6 Å². The highest BCUT2D eigenvalue weighted by Gasteiger charge is 2.32. The van der Waals surface area contributed by atoms with Gasteiger partial charge in [0.2, 0.25) is 0 Å². The maximum absolute atomic E-state index is 11.4. The number of rotatable bonds is 4. The summed E-state index contributed by atoms with van der Waals surface area (Å²) >= 11 is 0. The Morgan fingerprint density at radius 1 is 1.56 bits per heavy atom. The highest BCUT2D eigenvalue weighted by atomic mass is 16.5. The second kappa shape index (κ2) is 5.13. The van der Waals surface area contributed by atoms with Crippen LogP contribution in [-0.2, 0) is 9.53 Å². The lowest BCUT2D eigenvalue weighted by atomic mass is 10.0. The van der Waals surface area contributed by atoms with Gasteiger partial charge in [0.1, 0.15) is 0 Å². The van der Waals surface area contributed by atoms with Gasteiger partial charge in [0.15, 0.2) is 6.04 Å². The van der Waals surface area contributed by atoms with E-state index in [9.17, 15) is 9.59 Å². The maximum atomic E-state index is 11.4. The molecule has 0 aromatic carbocycles. The van der Waals surface area contributed by atoms with E-state index >= 15 is 0 Å². The predicted molar refractivity (Wildman–Crippen MR) is 54.0 cm³/mol. The molecule has 0 aromatic heterocycles. The first kappa shape index (κ1) is 12.7. The zero-order chi connectivity index (χ0) is 12.2. The van der Waals surface area contributed by atoms with E-state index in [4.69, 9.17) is 14.9 Å². The average Bonchev–Trinajstić information content (AvgIpc) is 2.60. The van der Waals surface area contributed by atoms with E-state index in [1.807, 2.05) is 6.92 Å². The van der Waals surface area contributed by atoms with E-state index < -0.39 is 30.2 Å². The average molecular weight is 232 g/mol. The summed E-state index contributed by atoms with van der Waals surface area (Å²) < 4.78 is 5.13. The maximum Gasteiger partial charge on any atom is 0.328 e. The van der Waals surface area contributed by atoms with Gasteiger partial charge >= 0.3 is 12.0 Å². The van der Waals surface area contributed by atoms with E-state index in [2.05, 4.69) is 10.6 Å². The first-order valence-corrected chi connectivity index (χ1v) is 4.97. The Hall–Kier alpha value is -1.34. The van der Waals surface area contributed by atoms with Crippen molar-refractivity contribution in [3.63, 3.8) is 0 Å². The summed E-state index contributed by atoms with van der Waals surface area (Å²) in [6, 6.07) is -1.90. The molecule has 0 saturated carbocycles. The number of carbonyl (C=O) groups excluding carboxylic acids is 1. The lowest BCUT2D eigenvalue weighted by molar-refractivity contribution is -0.140. The van der Waals surface area contributed by atoms with E-state index in [1.165, 1.54) is 0 Å². The number of hydrogen-bond donors (Lipinski definition) is 4. The van der Waals surface area contributed by atoms with Crippen molar-refractivity contribution in [2.75, 3.05) is 19.8 Å². The SMILES string of the molecule is CC1(NC(=O)N[C@H](CO)C(=O)O)CCOC1. The largest absolute Gasteiger partial charge is 0.480 e. The highest BCUT2D eigenvalue weighted by molar-refractivity contribution is 5.82. The number of aliphatic carboxylic acids is 1. The molecular weight excluding hydrogens is 216 g/mol. The van der Waals surface area contributed by atoms with Gasteiger partial charge in [-0.25, -0.2) is 9.59 Å². The molecule has 0 aliphatic carbocycles. The number of carbonyl (C=O) groups is 2. The summed E-state index contributed by atoms with van der Waals surface area (Å²) in [6.07, 6.45) is 0.678. The van der Waals surface area contributed by atoms with E-state index in [1.54, 1.807) is 0 Å². The van der Waals surface area contributed by atoms with Crippen LogP contribution in [0.5, 0.6) is 0 Å². The van der Waals surface area contributed by atoms with Crippen molar-refractivity contribution in [1.29, 1.82) is 0 Å². The summed E-state index contributed by atoms with van der Waals surface area (Å²) in [4.78, 5) is 22.0. The fourth-order valence-electron chi connectivity index (χ4n) is 1.42. The van der Waals surface area contributed by atoms with Gasteiger partial charge in [-0.1, -0.05) is 0 Å². The van der Waals surface area contributed by atoms with E-state index in [0.29, 0.717) is 19.6 Å². The molecule has 1 rings (SSSR count). The number of hydrogen-bond acceptors (Lipinski definition) is 4. The lowest BCUT2D eigenvalue weighted by Crippen LogP contribution is -2.55. The van der Waals surface area contributed by atoms with Crippen LogP contribution in [0, 0.1) is 0 Å². The minimum absolute atomic E-state index is 0.400. The second-order valence-corrected chi connectivity index (χ2v) is 4.04. The number of ether oxygens (including phenoxy) is 1. The molecule has 2 amide bonds. The lowest BCUT2D eigenvalue weighted by Gasteiger charge is -2.24. The number of aliphatic hydroxyl groups is 1. The highest BCUT2D eigenvalue weighted by Crippen LogP contribution is 2.16. The van der Waals surface area contributed by atoms with Crippen molar-refractivity contribution in [2.24, 2.45) is 0 Å². The van der Waals surface area contributed by atoms with Crippen molar-refractivity contribution in [2.45, 2.75) is 24.9 Å². The van der Waals surface area contributed by atoms with Gasteiger partial charge in [-0.15, -0.1) is 0 Å². The third-order valence-electron chi connectivity index (χ3n) is 2.42. The summed E-state index contributed by atoms with van der Waals surface area (Å²) in [6.45, 7) is 2.14. The van der Waals surface area contributed by atoms with E-state index in [-0.39, 0.29) is 0 Å². The molecule has 0 radical (unpaired) electrons. The van der Waals surface area contributed by atoms with Crippen molar-refractivity contribution in [3.8, 4) is 0 Å². The molecule has 0 spiro atoms. The van der Waals surface area contributed by atoms with Gasteiger partial charge in [0, 0.05) is 6.61 Å². The summed E-state index contributed by atoms with van der Waals surface area (Å²) in [5.41, 5.74) is -0.470. The van der Waals surface area contributed by atoms with Crippen LogP contribution in [0.3, 0.4) is 0 Å². The topological polar surface area (TPSA) is 108 Å². The van der Waals surface area contributed by atoms with E-state index in [0.717, 1.165) is 0 Å². The van der Waals surface area contributed by atoms with Crippen molar-refractivity contribution in [3.05, 3.63) is 0 Å². The molecule has 0 aromatic rings. The van der Waals surface area contributed by atoms with Crippen molar-refractivity contribution >= 4 is 12.0 Å². The molecule has 1 heterocycles. The number of carboxylic acids is 1. The number of aliphatic hydroxyl groups excluding tert-OH is 1. The number of amides is 2. The smallest absolute Gasteiger partial charge is 0.328 e.